The quantitative estimate of drug-likeness (QED) is 0.779. The van der Waals surface area contributed by atoms with Gasteiger partial charge in [-0.05, 0) is 29.5 Å². The number of aryl methyl sites for hydroxylation is 1. The predicted octanol–water partition coefficient (Wildman–Crippen LogP) is 3.03. The van der Waals surface area contributed by atoms with Crippen LogP contribution >= 0.6 is 11.6 Å². The SMILES string of the molecule is CCc1cc(Cl)c2c(N)nccc2c1. The maximum absolute atomic E-state index is 6.13. The van der Waals surface area contributed by atoms with Gasteiger partial charge in [-0.15, -0.1) is 0 Å². The van der Waals surface area contributed by atoms with Crippen molar-refractivity contribution in [3.05, 3.63) is 35.0 Å². The number of rotatable bonds is 1. The Labute approximate surface area is 87.7 Å². The third kappa shape index (κ3) is 1.42. The molecule has 0 aliphatic rings. The van der Waals surface area contributed by atoms with Gasteiger partial charge in [-0.1, -0.05) is 24.6 Å². The highest BCUT2D eigenvalue weighted by molar-refractivity contribution is 6.36. The number of benzene rings is 1. The molecule has 0 fully saturated rings. The molecule has 2 N–H and O–H groups in total. The first-order valence-corrected chi connectivity index (χ1v) is 4.92. The van der Waals surface area contributed by atoms with Crippen molar-refractivity contribution in [3.8, 4) is 0 Å². The van der Waals surface area contributed by atoms with E-state index in [4.69, 9.17) is 17.3 Å². The molecule has 0 unspecified atom stereocenters. The van der Waals surface area contributed by atoms with E-state index in [1.165, 1.54) is 5.56 Å². The van der Waals surface area contributed by atoms with Crippen LogP contribution in [0.15, 0.2) is 24.4 Å². The molecule has 2 rings (SSSR count). The summed E-state index contributed by atoms with van der Waals surface area (Å²) in [4.78, 5) is 4.02. The zero-order chi connectivity index (χ0) is 10.1. The van der Waals surface area contributed by atoms with Crippen molar-refractivity contribution >= 4 is 28.2 Å². The lowest BCUT2D eigenvalue weighted by Crippen LogP contribution is -1.92. The van der Waals surface area contributed by atoms with Crippen LogP contribution in [0.1, 0.15) is 12.5 Å². The summed E-state index contributed by atoms with van der Waals surface area (Å²) in [6, 6.07) is 5.97. The maximum Gasteiger partial charge on any atom is 0.132 e. The van der Waals surface area contributed by atoms with Gasteiger partial charge in [-0.2, -0.15) is 0 Å². The summed E-state index contributed by atoms with van der Waals surface area (Å²) in [5, 5.41) is 2.60. The van der Waals surface area contributed by atoms with Crippen LogP contribution in [0, 0.1) is 0 Å². The Morgan fingerprint density at radius 1 is 1.43 bits per heavy atom. The van der Waals surface area contributed by atoms with Crippen LogP contribution in [-0.2, 0) is 6.42 Å². The van der Waals surface area contributed by atoms with E-state index in [0.29, 0.717) is 10.8 Å². The minimum Gasteiger partial charge on any atom is -0.383 e. The van der Waals surface area contributed by atoms with Crippen molar-refractivity contribution in [2.24, 2.45) is 0 Å². The van der Waals surface area contributed by atoms with Gasteiger partial charge in [-0.25, -0.2) is 4.98 Å². The molecule has 1 aromatic heterocycles. The van der Waals surface area contributed by atoms with Crippen LogP contribution in [0.25, 0.3) is 10.8 Å². The highest BCUT2D eigenvalue weighted by Gasteiger charge is 2.04. The Kier molecular flexibility index (Phi) is 2.30. The Morgan fingerprint density at radius 2 is 2.21 bits per heavy atom. The van der Waals surface area contributed by atoms with Crippen LogP contribution in [0.3, 0.4) is 0 Å². The second kappa shape index (κ2) is 3.46. The monoisotopic (exact) mass is 206 g/mol. The fourth-order valence-corrected chi connectivity index (χ4v) is 1.90. The van der Waals surface area contributed by atoms with Crippen LogP contribution in [-0.4, -0.2) is 4.98 Å². The van der Waals surface area contributed by atoms with E-state index in [-0.39, 0.29) is 0 Å². The first kappa shape index (κ1) is 9.28. The van der Waals surface area contributed by atoms with Crippen molar-refractivity contribution < 1.29 is 0 Å². The number of nitrogen functional groups attached to an aromatic ring is 1. The molecule has 0 bridgehead atoms. The van der Waals surface area contributed by atoms with Crippen LogP contribution in [0.5, 0.6) is 0 Å². The van der Waals surface area contributed by atoms with Crippen molar-refractivity contribution in [1.29, 1.82) is 0 Å². The normalized spacial score (nSPS) is 10.7. The van der Waals surface area contributed by atoms with Crippen molar-refractivity contribution in [2.45, 2.75) is 13.3 Å². The Hall–Kier alpha value is -1.28. The van der Waals surface area contributed by atoms with Gasteiger partial charge < -0.3 is 5.73 Å². The second-order valence-corrected chi connectivity index (χ2v) is 3.63. The molecule has 2 aromatic rings. The summed E-state index contributed by atoms with van der Waals surface area (Å²) < 4.78 is 0. The Morgan fingerprint density at radius 3 is 2.93 bits per heavy atom. The van der Waals surface area contributed by atoms with E-state index in [9.17, 15) is 0 Å². The van der Waals surface area contributed by atoms with E-state index in [0.717, 1.165) is 17.2 Å². The summed E-state index contributed by atoms with van der Waals surface area (Å²) in [6.07, 6.45) is 2.67. The highest BCUT2D eigenvalue weighted by Crippen LogP contribution is 2.28. The van der Waals surface area contributed by atoms with Crippen LogP contribution in [0.2, 0.25) is 5.02 Å². The summed E-state index contributed by atoms with van der Waals surface area (Å²) in [5.41, 5.74) is 6.97. The molecule has 0 spiro atoms. The third-order valence-electron chi connectivity index (χ3n) is 2.31. The largest absolute Gasteiger partial charge is 0.383 e. The number of anilines is 1. The lowest BCUT2D eigenvalue weighted by Gasteiger charge is -2.05. The molecule has 0 saturated carbocycles. The molecule has 0 saturated heterocycles. The van der Waals surface area contributed by atoms with Gasteiger partial charge in [0.1, 0.15) is 5.82 Å². The first-order valence-electron chi connectivity index (χ1n) is 4.55. The topological polar surface area (TPSA) is 38.9 Å². The average Bonchev–Trinajstić information content (AvgIpc) is 2.17. The summed E-state index contributed by atoms with van der Waals surface area (Å²) in [7, 11) is 0. The average molecular weight is 207 g/mol. The highest BCUT2D eigenvalue weighted by atomic mass is 35.5. The number of pyridine rings is 1. The molecule has 1 aromatic carbocycles. The zero-order valence-corrected chi connectivity index (χ0v) is 8.67. The summed E-state index contributed by atoms with van der Waals surface area (Å²) in [5.74, 6) is 0.496. The van der Waals surface area contributed by atoms with Crippen molar-refractivity contribution in [3.63, 3.8) is 0 Å². The van der Waals surface area contributed by atoms with Gasteiger partial charge in [0.05, 0.1) is 5.02 Å². The molecule has 0 aliphatic heterocycles. The number of nitrogens with two attached hydrogens (primary N) is 1. The van der Waals surface area contributed by atoms with Crippen molar-refractivity contribution in [2.75, 3.05) is 5.73 Å². The molecule has 72 valence electrons. The molecular weight excluding hydrogens is 196 g/mol. The van der Waals surface area contributed by atoms with Crippen LogP contribution < -0.4 is 5.73 Å². The number of aromatic nitrogens is 1. The minimum absolute atomic E-state index is 0.496. The molecule has 0 atom stereocenters. The summed E-state index contributed by atoms with van der Waals surface area (Å²) in [6.45, 7) is 2.10. The second-order valence-electron chi connectivity index (χ2n) is 3.23. The van der Waals surface area contributed by atoms with E-state index < -0.39 is 0 Å². The third-order valence-corrected chi connectivity index (χ3v) is 2.61. The number of fused-ring (bicyclic) bond motifs is 1. The molecular formula is C11H11ClN2. The molecule has 0 aliphatic carbocycles. The standard InChI is InChI=1S/C11H11ClN2/c1-2-7-5-8-3-4-14-11(13)10(8)9(12)6-7/h3-6H,2H2,1H3,(H2,13,14). The minimum atomic E-state index is 0.496. The molecule has 0 radical (unpaired) electrons. The molecule has 2 nitrogen and oxygen atoms in total. The number of hydrogen-bond acceptors (Lipinski definition) is 2. The number of hydrogen-bond donors (Lipinski definition) is 1. The fraction of sp³-hybridized carbons (Fsp3) is 0.182. The van der Waals surface area contributed by atoms with Gasteiger partial charge >= 0.3 is 0 Å². The Bertz CT molecular complexity index is 480. The first-order chi connectivity index (χ1) is 6.72. The molecule has 1 heterocycles. The number of halogens is 1. The lowest BCUT2D eigenvalue weighted by molar-refractivity contribution is 1.15. The molecule has 0 amide bonds. The lowest BCUT2D eigenvalue weighted by atomic mass is 10.1. The van der Waals surface area contributed by atoms with E-state index >= 15 is 0 Å². The van der Waals surface area contributed by atoms with E-state index in [1.807, 2.05) is 12.1 Å². The van der Waals surface area contributed by atoms with E-state index in [2.05, 4.69) is 18.0 Å². The maximum atomic E-state index is 6.13. The molecule has 14 heavy (non-hydrogen) atoms. The molecule has 3 heteroatoms. The summed E-state index contributed by atoms with van der Waals surface area (Å²) >= 11 is 6.13. The van der Waals surface area contributed by atoms with Gasteiger partial charge in [-0.3, -0.25) is 0 Å². The van der Waals surface area contributed by atoms with Gasteiger partial charge in [0.2, 0.25) is 0 Å². The Balaban J connectivity index is 2.83. The smallest absolute Gasteiger partial charge is 0.132 e. The number of nitrogens with zero attached hydrogens (tertiary/aromatic N) is 1. The van der Waals surface area contributed by atoms with E-state index in [1.54, 1.807) is 6.20 Å². The van der Waals surface area contributed by atoms with Crippen molar-refractivity contribution in [1.82, 2.24) is 4.98 Å². The predicted molar refractivity (Wildman–Crippen MR) is 60.5 cm³/mol. The fourth-order valence-electron chi connectivity index (χ4n) is 1.55. The zero-order valence-electron chi connectivity index (χ0n) is 7.92. The van der Waals surface area contributed by atoms with Gasteiger partial charge in [0, 0.05) is 11.6 Å². The van der Waals surface area contributed by atoms with Gasteiger partial charge in [0.15, 0.2) is 0 Å². The van der Waals surface area contributed by atoms with Gasteiger partial charge in [0.25, 0.3) is 0 Å². The van der Waals surface area contributed by atoms with Crippen LogP contribution in [0.4, 0.5) is 5.82 Å².